The van der Waals surface area contributed by atoms with Gasteiger partial charge in [-0.05, 0) is 32.7 Å². The van der Waals surface area contributed by atoms with Crippen molar-refractivity contribution in [2.45, 2.75) is 90.2 Å². The Kier molecular flexibility index (Phi) is 7.92. The molecule has 1 fully saturated rings. The van der Waals surface area contributed by atoms with E-state index in [1.807, 2.05) is 0 Å². The van der Waals surface area contributed by atoms with Crippen molar-refractivity contribution in [1.29, 1.82) is 0 Å². The SMILES string of the molecule is CCCCC(NCC)C1(OCC)CCCCCC1. The van der Waals surface area contributed by atoms with Crippen molar-refractivity contribution in [3.05, 3.63) is 0 Å². The molecular weight excluding hydrogens is 222 g/mol. The molecule has 1 rings (SSSR count). The smallest absolute Gasteiger partial charge is 0.0834 e. The van der Waals surface area contributed by atoms with Crippen LogP contribution >= 0.6 is 0 Å². The van der Waals surface area contributed by atoms with E-state index in [0.29, 0.717) is 6.04 Å². The Morgan fingerprint density at radius 3 is 2.22 bits per heavy atom. The second-order valence-corrected chi connectivity index (χ2v) is 5.66. The van der Waals surface area contributed by atoms with E-state index in [2.05, 4.69) is 26.1 Å². The van der Waals surface area contributed by atoms with Crippen LogP contribution in [0.4, 0.5) is 0 Å². The molecular formula is C16H33NO. The number of unbranched alkanes of at least 4 members (excludes halogenated alkanes) is 1. The molecule has 1 atom stereocenters. The zero-order valence-corrected chi connectivity index (χ0v) is 12.8. The molecule has 0 bridgehead atoms. The Bertz CT molecular complexity index is 197. The largest absolute Gasteiger partial charge is 0.374 e. The van der Waals surface area contributed by atoms with Gasteiger partial charge in [0, 0.05) is 12.6 Å². The Labute approximate surface area is 114 Å². The van der Waals surface area contributed by atoms with Crippen molar-refractivity contribution in [3.8, 4) is 0 Å². The van der Waals surface area contributed by atoms with E-state index in [1.165, 1.54) is 57.8 Å². The van der Waals surface area contributed by atoms with E-state index in [9.17, 15) is 0 Å². The van der Waals surface area contributed by atoms with Gasteiger partial charge in [0.1, 0.15) is 0 Å². The van der Waals surface area contributed by atoms with Crippen LogP contribution < -0.4 is 5.32 Å². The first kappa shape index (κ1) is 16.0. The van der Waals surface area contributed by atoms with Crippen molar-refractivity contribution in [3.63, 3.8) is 0 Å². The third-order valence-electron chi connectivity index (χ3n) is 4.31. The van der Waals surface area contributed by atoms with Gasteiger partial charge in [-0.3, -0.25) is 0 Å². The molecule has 18 heavy (non-hydrogen) atoms. The van der Waals surface area contributed by atoms with Gasteiger partial charge in [-0.25, -0.2) is 0 Å². The summed E-state index contributed by atoms with van der Waals surface area (Å²) in [6.07, 6.45) is 11.8. The van der Waals surface area contributed by atoms with E-state index < -0.39 is 0 Å². The van der Waals surface area contributed by atoms with Crippen LogP contribution in [0.3, 0.4) is 0 Å². The van der Waals surface area contributed by atoms with E-state index in [1.54, 1.807) is 0 Å². The maximum atomic E-state index is 6.30. The van der Waals surface area contributed by atoms with Crippen molar-refractivity contribution < 1.29 is 4.74 Å². The minimum absolute atomic E-state index is 0.121. The second kappa shape index (κ2) is 8.92. The number of hydrogen-bond acceptors (Lipinski definition) is 2. The van der Waals surface area contributed by atoms with Crippen LogP contribution in [0.25, 0.3) is 0 Å². The fourth-order valence-corrected chi connectivity index (χ4v) is 3.41. The Balaban J connectivity index is 2.74. The molecule has 0 aliphatic heterocycles. The van der Waals surface area contributed by atoms with Crippen LogP contribution in [0.15, 0.2) is 0 Å². The summed E-state index contributed by atoms with van der Waals surface area (Å²) in [6.45, 7) is 8.56. The highest BCUT2D eigenvalue weighted by atomic mass is 16.5. The topological polar surface area (TPSA) is 21.3 Å². The first-order valence-corrected chi connectivity index (χ1v) is 8.16. The lowest BCUT2D eigenvalue weighted by molar-refractivity contribution is -0.0786. The molecule has 1 unspecified atom stereocenters. The summed E-state index contributed by atoms with van der Waals surface area (Å²) < 4.78 is 6.30. The predicted molar refractivity (Wildman–Crippen MR) is 79.0 cm³/mol. The normalized spacial score (nSPS) is 21.5. The second-order valence-electron chi connectivity index (χ2n) is 5.66. The van der Waals surface area contributed by atoms with Crippen molar-refractivity contribution in [2.75, 3.05) is 13.2 Å². The molecule has 0 radical (unpaired) electrons. The van der Waals surface area contributed by atoms with E-state index in [4.69, 9.17) is 4.74 Å². The number of hydrogen-bond donors (Lipinski definition) is 1. The first-order valence-electron chi connectivity index (χ1n) is 8.16. The molecule has 108 valence electrons. The molecule has 1 saturated carbocycles. The zero-order chi connectivity index (χ0) is 13.3. The lowest BCUT2D eigenvalue weighted by atomic mass is 9.83. The van der Waals surface area contributed by atoms with Crippen molar-refractivity contribution >= 4 is 0 Å². The van der Waals surface area contributed by atoms with Gasteiger partial charge in [0.25, 0.3) is 0 Å². The van der Waals surface area contributed by atoms with Gasteiger partial charge in [0.05, 0.1) is 5.60 Å². The van der Waals surface area contributed by atoms with Gasteiger partial charge < -0.3 is 10.1 Å². The molecule has 0 aromatic carbocycles. The van der Waals surface area contributed by atoms with E-state index in [-0.39, 0.29) is 5.60 Å². The average Bonchev–Trinajstić information content (AvgIpc) is 2.61. The summed E-state index contributed by atoms with van der Waals surface area (Å²) in [5.41, 5.74) is 0.121. The summed E-state index contributed by atoms with van der Waals surface area (Å²) >= 11 is 0. The molecule has 1 aliphatic rings. The summed E-state index contributed by atoms with van der Waals surface area (Å²) in [5.74, 6) is 0. The Morgan fingerprint density at radius 2 is 1.72 bits per heavy atom. The summed E-state index contributed by atoms with van der Waals surface area (Å²) in [5, 5.41) is 3.72. The van der Waals surface area contributed by atoms with Gasteiger partial charge in [0.15, 0.2) is 0 Å². The quantitative estimate of drug-likeness (QED) is 0.653. The van der Waals surface area contributed by atoms with Gasteiger partial charge in [-0.1, -0.05) is 52.4 Å². The summed E-state index contributed by atoms with van der Waals surface area (Å²) in [4.78, 5) is 0. The highest BCUT2D eigenvalue weighted by molar-refractivity contribution is 4.94. The van der Waals surface area contributed by atoms with Crippen LogP contribution in [0.2, 0.25) is 0 Å². The monoisotopic (exact) mass is 255 g/mol. The molecule has 0 spiro atoms. The zero-order valence-electron chi connectivity index (χ0n) is 12.8. The van der Waals surface area contributed by atoms with Gasteiger partial charge >= 0.3 is 0 Å². The van der Waals surface area contributed by atoms with Gasteiger partial charge in [-0.2, -0.15) is 0 Å². The molecule has 1 aliphatic carbocycles. The molecule has 0 heterocycles. The lowest BCUT2D eigenvalue weighted by Crippen LogP contribution is -2.52. The lowest BCUT2D eigenvalue weighted by Gasteiger charge is -2.41. The molecule has 2 heteroatoms. The van der Waals surface area contributed by atoms with Crippen LogP contribution in [0.1, 0.15) is 78.6 Å². The summed E-state index contributed by atoms with van der Waals surface area (Å²) in [6, 6.07) is 0.556. The average molecular weight is 255 g/mol. The van der Waals surface area contributed by atoms with E-state index in [0.717, 1.165) is 13.2 Å². The number of rotatable bonds is 8. The minimum Gasteiger partial charge on any atom is -0.374 e. The van der Waals surface area contributed by atoms with Crippen LogP contribution in [0, 0.1) is 0 Å². The third-order valence-corrected chi connectivity index (χ3v) is 4.31. The van der Waals surface area contributed by atoms with Crippen LogP contribution in [0.5, 0.6) is 0 Å². The molecule has 0 amide bonds. The number of nitrogens with one attached hydrogen (secondary N) is 1. The van der Waals surface area contributed by atoms with Crippen molar-refractivity contribution in [2.24, 2.45) is 0 Å². The van der Waals surface area contributed by atoms with E-state index >= 15 is 0 Å². The summed E-state index contributed by atoms with van der Waals surface area (Å²) in [7, 11) is 0. The van der Waals surface area contributed by atoms with Gasteiger partial charge in [0.2, 0.25) is 0 Å². The molecule has 2 nitrogen and oxygen atoms in total. The predicted octanol–water partition coefficient (Wildman–Crippen LogP) is 4.28. The highest BCUT2D eigenvalue weighted by Crippen LogP contribution is 2.35. The Hall–Kier alpha value is -0.0800. The maximum Gasteiger partial charge on any atom is 0.0834 e. The molecule has 0 aromatic rings. The minimum atomic E-state index is 0.121. The fraction of sp³-hybridized carbons (Fsp3) is 1.00. The fourth-order valence-electron chi connectivity index (χ4n) is 3.41. The highest BCUT2D eigenvalue weighted by Gasteiger charge is 2.38. The third kappa shape index (κ3) is 4.55. The van der Waals surface area contributed by atoms with Crippen molar-refractivity contribution in [1.82, 2.24) is 5.32 Å². The Morgan fingerprint density at radius 1 is 1.06 bits per heavy atom. The number of likely N-dealkylation sites (N-methyl/N-ethyl adjacent to an activating group) is 1. The van der Waals surface area contributed by atoms with Gasteiger partial charge in [-0.15, -0.1) is 0 Å². The standard InChI is InChI=1S/C16H33NO/c1-4-7-12-15(17-5-2)16(18-6-3)13-10-8-9-11-14-16/h15,17H,4-14H2,1-3H3. The molecule has 0 saturated heterocycles. The van der Waals surface area contributed by atoms with Crippen LogP contribution in [-0.2, 0) is 4.74 Å². The van der Waals surface area contributed by atoms with Crippen LogP contribution in [-0.4, -0.2) is 24.8 Å². The first-order chi connectivity index (χ1) is 8.79. The number of ether oxygens (including phenoxy) is 1. The maximum absolute atomic E-state index is 6.30. The molecule has 1 N–H and O–H groups in total. The molecule has 0 aromatic heterocycles.